The number of carbonyl (C=O) groups excluding carboxylic acids is 3. The number of nitrogens with zero attached hydrogens (tertiary/aromatic N) is 3. The van der Waals surface area contributed by atoms with Gasteiger partial charge in [-0.25, -0.2) is 4.68 Å². The Morgan fingerprint density at radius 1 is 1.03 bits per heavy atom. The largest absolute Gasteiger partial charge is 0.339 e. The highest BCUT2D eigenvalue weighted by molar-refractivity contribution is 5.97. The van der Waals surface area contributed by atoms with E-state index < -0.39 is 0 Å². The molecule has 1 atom stereocenters. The molecule has 2 heterocycles. The molecule has 0 bridgehead atoms. The van der Waals surface area contributed by atoms with Crippen LogP contribution in [0.5, 0.6) is 0 Å². The van der Waals surface area contributed by atoms with Gasteiger partial charge < -0.3 is 10.2 Å². The lowest BCUT2D eigenvalue weighted by Gasteiger charge is -2.34. The van der Waals surface area contributed by atoms with Gasteiger partial charge in [-0.3, -0.25) is 14.4 Å². The highest BCUT2D eigenvalue weighted by Crippen LogP contribution is 2.27. The topological polar surface area (TPSA) is 84.3 Å². The van der Waals surface area contributed by atoms with Gasteiger partial charge in [-0.2, -0.15) is 5.10 Å². The molecule has 2 aromatic carbocycles. The Bertz CT molecular complexity index is 1190. The Hall–Kier alpha value is -3.74. The van der Waals surface area contributed by atoms with Gasteiger partial charge in [-0.1, -0.05) is 37.3 Å². The number of benzene rings is 2. The summed E-state index contributed by atoms with van der Waals surface area (Å²) >= 11 is 0. The number of rotatable bonds is 6. The number of hydrogen-bond donors (Lipinski definition) is 1. The number of likely N-dealkylation sites (tertiary alicyclic amines) is 1. The molecule has 7 heteroatoms. The van der Waals surface area contributed by atoms with E-state index in [1.807, 2.05) is 49.1 Å². The normalized spacial score (nSPS) is 15.1. The fourth-order valence-electron chi connectivity index (χ4n) is 4.44. The second-order valence-electron chi connectivity index (χ2n) is 8.95. The average Bonchev–Trinajstić information content (AvgIpc) is 3.25. The van der Waals surface area contributed by atoms with Crippen molar-refractivity contribution in [3.63, 3.8) is 0 Å². The summed E-state index contributed by atoms with van der Waals surface area (Å²) in [6.07, 6.45) is 3.32. The molecule has 0 unspecified atom stereocenters. The summed E-state index contributed by atoms with van der Waals surface area (Å²) in [7, 11) is 0. The number of aromatic nitrogens is 2. The van der Waals surface area contributed by atoms with Crippen LogP contribution >= 0.6 is 0 Å². The molecular weight excluding hydrogens is 428 g/mol. The van der Waals surface area contributed by atoms with E-state index in [1.54, 1.807) is 35.1 Å². The van der Waals surface area contributed by atoms with Crippen LogP contribution in [0.1, 0.15) is 53.1 Å². The SMILES string of the molecule is CC(=O)c1cccc(NC(=O)[C@@H](C)C2CCN(C(=O)c3cn(-c4ccccc4)nc3C)CC2)c1. The van der Waals surface area contributed by atoms with Crippen LogP contribution in [0.4, 0.5) is 5.69 Å². The third kappa shape index (κ3) is 5.09. The van der Waals surface area contributed by atoms with E-state index in [0.29, 0.717) is 35.6 Å². The Balaban J connectivity index is 1.35. The lowest BCUT2D eigenvalue weighted by atomic mass is 9.84. The zero-order chi connectivity index (χ0) is 24.2. The third-order valence-corrected chi connectivity index (χ3v) is 6.63. The molecule has 0 radical (unpaired) electrons. The molecule has 1 aromatic heterocycles. The fourth-order valence-corrected chi connectivity index (χ4v) is 4.44. The number of amides is 2. The molecule has 34 heavy (non-hydrogen) atoms. The maximum absolute atomic E-state index is 13.2. The van der Waals surface area contributed by atoms with Gasteiger partial charge in [0.05, 0.1) is 16.9 Å². The molecule has 3 aromatic rings. The van der Waals surface area contributed by atoms with E-state index in [2.05, 4.69) is 10.4 Å². The lowest BCUT2D eigenvalue weighted by molar-refractivity contribution is -0.121. The molecule has 1 saturated heterocycles. The molecule has 0 aliphatic carbocycles. The second kappa shape index (κ2) is 10.0. The first-order chi connectivity index (χ1) is 16.3. The molecular formula is C27H30N4O3. The van der Waals surface area contributed by atoms with Gasteiger partial charge >= 0.3 is 0 Å². The van der Waals surface area contributed by atoms with Gasteiger partial charge in [0, 0.05) is 36.5 Å². The van der Waals surface area contributed by atoms with E-state index in [-0.39, 0.29) is 29.4 Å². The van der Waals surface area contributed by atoms with Crippen LogP contribution in [0.2, 0.25) is 0 Å². The molecule has 7 nitrogen and oxygen atoms in total. The van der Waals surface area contributed by atoms with E-state index in [1.165, 1.54) is 6.92 Å². The minimum absolute atomic E-state index is 0.0173. The van der Waals surface area contributed by atoms with Gasteiger partial charge in [0.1, 0.15) is 0 Å². The average molecular weight is 459 g/mol. The minimum atomic E-state index is -0.194. The van der Waals surface area contributed by atoms with E-state index in [9.17, 15) is 14.4 Å². The van der Waals surface area contributed by atoms with E-state index >= 15 is 0 Å². The predicted molar refractivity (Wildman–Crippen MR) is 131 cm³/mol. The van der Waals surface area contributed by atoms with Crippen molar-refractivity contribution in [1.82, 2.24) is 14.7 Å². The first-order valence-corrected chi connectivity index (χ1v) is 11.7. The lowest BCUT2D eigenvalue weighted by Crippen LogP contribution is -2.41. The number of hydrogen-bond acceptors (Lipinski definition) is 4. The number of carbonyl (C=O) groups is 3. The molecule has 1 N–H and O–H groups in total. The maximum atomic E-state index is 13.2. The zero-order valence-electron chi connectivity index (χ0n) is 19.8. The van der Waals surface area contributed by atoms with Crippen LogP contribution in [0.3, 0.4) is 0 Å². The summed E-state index contributed by atoms with van der Waals surface area (Å²) < 4.78 is 1.74. The molecule has 1 fully saturated rings. The predicted octanol–water partition coefficient (Wildman–Crippen LogP) is 4.51. The fraction of sp³-hybridized carbons (Fsp3) is 0.333. The minimum Gasteiger partial charge on any atom is -0.339 e. The van der Waals surface area contributed by atoms with E-state index in [0.717, 1.165) is 18.5 Å². The Kier molecular flexibility index (Phi) is 6.91. The third-order valence-electron chi connectivity index (χ3n) is 6.63. The summed E-state index contributed by atoms with van der Waals surface area (Å²) in [5.41, 5.74) is 3.43. The van der Waals surface area contributed by atoms with Gasteiger partial charge in [-0.05, 0) is 56.9 Å². The van der Waals surface area contributed by atoms with Crippen molar-refractivity contribution in [2.45, 2.75) is 33.6 Å². The standard InChI is InChI=1S/C27H30N4O3/c1-18(26(33)28-23-9-7-8-22(16-23)20(3)32)21-12-14-30(15-13-21)27(34)25-17-31(29-19(25)2)24-10-5-4-6-11-24/h4-11,16-18,21H,12-15H2,1-3H3,(H,28,33)/t18-/m0/s1. The van der Waals surface area contributed by atoms with Gasteiger partial charge in [0.15, 0.2) is 5.78 Å². The summed E-state index contributed by atoms with van der Waals surface area (Å²) in [4.78, 5) is 39.4. The van der Waals surface area contributed by atoms with Crippen LogP contribution in [-0.4, -0.2) is 45.4 Å². The van der Waals surface area contributed by atoms with Crippen molar-refractivity contribution in [2.24, 2.45) is 11.8 Å². The second-order valence-corrected chi connectivity index (χ2v) is 8.95. The zero-order valence-corrected chi connectivity index (χ0v) is 19.8. The number of aryl methyl sites for hydroxylation is 1. The van der Waals surface area contributed by atoms with Crippen molar-refractivity contribution in [3.8, 4) is 5.69 Å². The molecule has 0 spiro atoms. The summed E-state index contributed by atoms with van der Waals surface area (Å²) in [6, 6.07) is 16.7. The summed E-state index contributed by atoms with van der Waals surface area (Å²) in [6.45, 7) is 6.51. The quantitative estimate of drug-likeness (QED) is 0.551. The van der Waals surface area contributed by atoms with Crippen molar-refractivity contribution >= 4 is 23.3 Å². The number of anilines is 1. The van der Waals surface area contributed by atoms with Crippen LogP contribution in [0.15, 0.2) is 60.8 Å². The molecule has 176 valence electrons. The van der Waals surface area contributed by atoms with Crippen LogP contribution in [-0.2, 0) is 4.79 Å². The van der Waals surface area contributed by atoms with Crippen molar-refractivity contribution in [3.05, 3.63) is 77.6 Å². The van der Waals surface area contributed by atoms with Crippen LogP contribution in [0.25, 0.3) is 5.69 Å². The number of nitrogens with one attached hydrogen (secondary N) is 1. The Morgan fingerprint density at radius 3 is 2.41 bits per heavy atom. The monoisotopic (exact) mass is 458 g/mol. The maximum Gasteiger partial charge on any atom is 0.257 e. The number of piperidine rings is 1. The molecule has 1 aliphatic heterocycles. The van der Waals surface area contributed by atoms with E-state index in [4.69, 9.17) is 0 Å². The number of Topliss-reactive ketones (excluding diaryl/α,β-unsaturated/α-hetero) is 1. The van der Waals surface area contributed by atoms with Gasteiger partial charge in [0.2, 0.25) is 5.91 Å². The molecule has 0 saturated carbocycles. The smallest absolute Gasteiger partial charge is 0.257 e. The number of para-hydroxylation sites is 1. The Morgan fingerprint density at radius 2 is 1.74 bits per heavy atom. The van der Waals surface area contributed by atoms with Crippen molar-refractivity contribution < 1.29 is 14.4 Å². The molecule has 4 rings (SSSR count). The number of ketones is 1. The molecule has 1 aliphatic rings. The van der Waals surface area contributed by atoms with Crippen LogP contribution < -0.4 is 5.32 Å². The Labute approximate surface area is 199 Å². The summed E-state index contributed by atoms with van der Waals surface area (Å²) in [5, 5.41) is 7.45. The first kappa shape index (κ1) is 23.4. The van der Waals surface area contributed by atoms with Crippen molar-refractivity contribution in [1.29, 1.82) is 0 Å². The first-order valence-electron chi connectivity index (χ1n) is 11.7. The highest BCUT2D eigenvalue weighted by Gasteiger charge is 2.31. The molecule has 2 amide bonds. The van der Waals surface area contributed by atoms with Gasteiger partial charge in [0.25, 0.3) is 5.91 Å². The van der Waals surface area contributed by atoms with Crippen molar-refractivity contribution in [2.75, 3.05) is 18.4 Å². The highest BCUT2D eigenvalue weighted by atomic mass is 16.2. The summed E-state index contributed by atoms with van der Waals surface area (Å²) in [5.74, 6) is -0.124. The van der Waals surface area contributed by atoms with Crippen LogP contribution in [0, 0.1) is 18.8 Å². The van der Waals surface area contributed by atoms with Gasteiger partial charge in [-0.15, -0.1) is 0 Å².